The second-order valence-electron chi connectivity index (χ2n) is 13.7. The highest BCUT2D eigenvalue weighted by Gasteiger charge is 2.25. The zero-order valence-electron chi connectivity index (χ0n) is 28.0. The lowest BCUT2D eigenvalue weighted by Crippen LogP contribution is -2.04. The Morgan fingerprint density at radius 1 is 0.327 bits per heavy atom. The van der Waals surface area contributed by atoms with Gasteiger partial charge < -0.3 is 13.7 Å². The van der Waals surface area contributed by atoms with Crippen LogP contribution in [0.3, 0.4) is 0 Å². The van der Waals surface area contributed by atoms with Gasteiger partial charge in [0, 0.05) is 59.0 Å². The smallest absolute Gasteiger partial charge is 0.0681 e. The minimum Gasteiger partial charge on any atom is -0.309 e. The maximum Gasteiger partial charge on any atom is 0.0681 e. The van der Waals surface area contributed by atoms with E-state index in [1.807, 2.05) is 11.8 Å². The van der Waals surface area contributed by atoms with Crippen LogP contribution in [0.15, 0.2) is 186 Å². The summed E-state index contributed by atoms with van der Waals surface area (Å²) in [4.78, 5) is 2.59. The molecule has 0 atom stereocenters. The van der Waals surface area contributed by atoms with Gasteiger partial charge in [-0.3, -0.25) is 0 Å². The Bertz CT molecular complexity index is 3210. The van der Waals surface area contributed by atoms with Crippen LogP contribution in [0.2, 0.25) is 0 Å². The largest absolute Gasteiger partial charge is 0.309 e. The van der Waals surface area contributed by atoms with Gasteiger partial charge in [-0.25, -0.2) is 0 Å². The quantitative estimate of drug-likeness (QED) is 0.181. The monoisotopic (exact) mass is 679 g/mol. The van der Waals surface area contributed by atoms with Crippen molar-refractivity contribution in [1.29, 1.82) is 0 Å². The van der Waals surface area contributed by atoms with E-state index in [1.54, 1.807) is 0 Å². The summed E-state index contributed by atoms with van der Waals surface area (Å²) in [5.74, 6) is 0. The average molecular weight is 680 g/mol. The van der Waals surface area contributed by atoms with Gasteiger partial charge in [0.05, 0.1) is 38.8 Å². The van der Waals surface area contributed by atoms with Crippen LogP contribution in [-0.4, -0.2) is 13.7 Å². The lowest BCUT2D eigenvalue weighted by molar-refractivity contribution is 1.09. The molecule has 4 heterocycles. The molecular formula is C48H29N3S. The Labute approximate surface area is 303 Å². The molecule has 0 fully saturated rings. The molecule has 3 aromatic heterocycles. The van der Waals surface area contributed by atoms with Gasteiger partial charge in [-0.15, -0.1) is 0 Å². The third-order valence-electron chi connectivity index (χ3n) is 11.0. The third kappa shape index (κ3) is 3.77. The van der Waals surface area contributed by atoms with Crippen molar-refractivity contribution < 1.29 is 0 Å². The minimum atomic E-state index is 1.15. The van der Waals surface area contributed by atoms with Gasteiger partial charge in [-0.2, -0.15) is 0 Å². The average Bonchev–Trinajstić information content (AvgIpc) is 3.84. The standard InChI is InChI=1S/C48H29N3S/c1-5-17-40-34(11-1)35-12-2-6-18-41(35)50(40)32-27-28-44-39(29-32)37-14-4-7-19-42(37)49(44)31-25-23-30(24-26-31)33-15-9-21-45-47(33)51-43-20-8-3-13-36(43)38-16-10-22-46(52-45)48(38)51/h1-29H. The van der Waals surface area contributed by atoms with E-state index < -0.39 is 0 Å². The van der Waals surface area contributed by atoms with Gasteiger partial charge in [-0.05, 0) is 72.3 Å². The van der Waals surface area contributed by atoms with Gasteiger partial charge in [0.15, 0.2) is 0 Å². The predicted octanol–water partition coefficient (Wildman–Crippen LogP) is 13.1. The zero-order chi connectivity index (χ0) is 33.9. The molecule has 0 amide bonds. The SMILES string of the molecule is c1cc2c(c(-c3ccc(-n4c5ccccc5c5cc(-n6c7ccccc7c7ccccc76)ccc54)cc3)c1)-n1c3ccccc3c3cccc(c31)S2. The molecule has 11 aromatic rings. The van der Waals surface area contributed by atoms with E-state index >= 15 is 0 Å². The third-order valence-corrected chi connectivity index (χ3v) is 12.1. The number of para-hydroxylation sites is 6. The summed E-state index contributed by atoms with van der Waals surface area (Å²) in [5.41, 5.74) is 13.4. The summed E-state index contributed by atoms with van der Waals surface area (Å²) < 4.78 is 7.32. The van der Waals surface area contributed by atoms with E-state index in [9.17, 15) is 0 Å². The summed E-state index contributed by atoms with van der Waals surface area (Å²) in [5, 5.41) is 7.65. The van der Waals surface area contributed by atoms with Crippen LogP contribution in [0, 0.1) is 0 Å². The highest BCUT2D eigenvalue weighted by atomic mass is 32.2. The van der Waals surface area contributed by atoms with Crippen molar-refractivity contribution in [3.05, 3.63) is 176 Å². The highest BCUT2D eigenvalue weighted by molar-refractivity contribution is 7.99. The van der Waals surface area contributed by atoms with E-state index in [0.717, 1.165) is 5.69 Å². The lowest BCUT2D eigenvalue weighted by atomic mass is 10.0. The summed E-state index contributed by atoms with van der Waals surface area (Å²) in [7, 11) is 0. The van der Waals surface area contributed by atoms with Crippen LogP contribution in [0.5, 0.6) is 0 Å². The predicted molar refractivity (Wildman–Crippen MR) is 219 cm³/mol. The summed E-state index contributed by atoms with van der Waals surface area (Å²) >= 11 is 1.88. The molecule has 242 valence electrons. The number of nitrogens with zero attached hydrogens (tertiary/aromatic N) is 3. The Balaban J connectivity index is 1.03. The first-order valence-electron chi connectivity index (χ1n) is 17.8. The van der Waals surface area contributed by atoms with Gasteiger partial charge in [0.1, 0.15) is 0 Å². The number of hydrogen-bond donors (Lipinski definition) is 0. The molecule has 0 aliphatic carbocycles. The molecule has 12 rings (SSSR count). The van der Waals surface area contributed by atoms with Crippen LogP contribution in [0.25, 0.3) is 93.6 Å². The first-order chi connectivity index (χ1) is 25.8. The first kappa shape index (κ1) is 28.2. The number of hydrogen-bond acceptors (Lipinski definition) is 1. The van der Waals surface area contributed by atoms with Crippen molar-refractivity contribution in [2.75, 3.05) is 0 Å². The number of aromatic nitrogens is 3. The molecule has 3 nitrogen and oxygen atoms in total. The molecule has 4 heteroatoms. The summed E-state index contributed by atoms with van der Waals surface area (Å²) in [6.45, 7) is 0. The molecule has 8 aromatic carbocycles. The van der Waals surface area contributed by atoms with Crippen molar-refractivity contribution in [1.82, 2.24) is 13.7 Å². The van der Waals surface area contributed by atoms with E-state index in [0.29, 0.717) is 0 Å². The first-order valence-corrected chi connectivity index (χ1v) is 18.6. The lowest BCUT2D eigenvalue weighted by Gasteiger charge is -2.23. The van der Waals surface area contributed by atoms with Gasteiger partial charge in [0.25, 0.3) is 0 Å². The van der Waals surface area contributed by atoms with Gasteiger partial charge in [0.2, 0.25) is 0 Å². The second-order valence-corrected chi connectivity index (χ2v) is 14.8. The van der Waals surface area contributed by atoms with Crippen LogP contribution in [0.1, 0.15) is 0 Å². The molecule has 0 radical (unpaired) electrons. The highest BCUT2D eigenvalue weighted by Crippen LogP contribution is 2.49. The Kier molecular flexibility index (Phi) is 5.71. The fraction of sp³-hybridized carbons (Fsp3) is 0. The van der Waals surface area contributed by atoms with Gasteiger partial charge in [-0.1, -0.05) is 121 Å². The number of fused-ring (bicyclic) bond motifs is 11. The van der Waals surface area contributed by atoms with Gasteiger partial charge >= 0.3 is 0 Å². The van der Waals surface area contributed by atoms with E-state index in [-0.39, 0.29) is 0 Å². The molecule has 1 aliphatic heterocycles. The molecule has 0 saturated carbocycles. The molecule has 0 saturated heterocycles. The maximum atomic E-state index is 2.50. The zero-order valence-corrected chi connectivity index (χ0v) is 28.8. The Hall–Kier alpha value is -6.49. The molecule has 52 heavy (non-hydrogen) atoms. The van der Waals surface area contributed by atoms with Crippen molar-refractivity contribution in [3.63, 3.8) is 0 Å². The maximum absolute atomic E-state index is 2.50. The number of rotatable bonds is 3. The number of benzene rings is 8. The summed E-state index contributed by atoms with van der Waals surface area (Å²) in [6.07, 6.45) is 0. The van der Waals surface area contributed by atoms with Crippen LogP contribution < -0.4 is 0 Å². The second kappa shape index (κ2) is 10.5. The molecule has 1 aliphatic rings. The fourth-order valence-electron chi connectivity index (χ4n) is 8.86. The van der Waals surface area contributed by atoms with Crippen molar-refractivity contribution in [2.45, 2.75) is 9.79 Å². The minimum absolute atomic E-state index is 1.15. The molecule has 0 bridgehead atoms. The Morgan fingerprint density at radius 3 is 1.48 bits per heavy atom. The van der Waals surface area contributed by atoms with Crippen LogP contribution >= 0.6 is 11.8 Å². The molecular weight excluding hydrogens is 651 g/mol. The fourth-order valence-corrected chi connectivity index (χ4v) is 9.98. The molecule has 0 spiro atoms. The normalized spacial score (nSPS) is 12.5. The molecule has 0 N–H and O–H groups in total. The summed E-state index contributed by atoms with van der Waals surface area (Å²) in [6, 6.07) is 64.6. The van der Waals surface area contributed by atoms with Crippen molar-refractivity contribution >= 4 is 77.2 Å². The van der Waals surface area contributed by atoms with E-state index in [1.165, 1.54) is 97.7 Å². The van der Waals surface area contributed by atoms with Crippen molar-refractivity contribution in [3.8, 4) is 28.2 Å². The van der Waals surface area contributed by atoms with E-state index in [2.05, 4.69) is 190 Å². The van der Waals surface area contributed by atoms with E-state index in [4.69, 9.17) is 0 Å². The van der Waals surface area contributed by atoms with Crippen LogP contribution in [-0.2, 0) is 0 Å². The van der Waals surface area contributed by atoms with Crippen molar-refractivity contribution in [2.24, 2.45) is 0 Å². The van der Waals surface area contributed by atoms with Crippen LogP contribution in [0.4, 0.5) is 0 Å². The molecule has 0 unspecified atom stereocenters. The topological polar surface area (TPSA) is 14.8 Å². The Morgan fingerprint density at radius 2 is 0.808 bits per heavy atom.